The second kappa shape index (κ2) is 10.5. The Morgan fingerprint density at radius 2 is 2.23 bits per heavy atom. The van der Waals surface area contributed by atoms with Gasteiger partial charge in [-0.3, -0.25) is 4.79 Å². The number of benzene rings is 1. The number of hydrogen-bond donors (Lipinski definition) is 2. The van der Waals surface area contributed by atoms with Crippen LogP contribution in [0.1, 0.15) is 41.6 Å². The van der Waals surface area contributed by atoms with Gasteiger partial charge in [0.1, 0.15) is 12.0 Å². The molecule has 0 amide bonds. The van der Waals surface area contributed by atoms with Crippen molar-refractivity contribution in [2.24, 2.45) is 27.4 Å². The van der Waals surface area contributed by atoms with Crippen LogP contribution < -0.4 is 16.2 Å². The van der Waals surface area contributed by atoms with Crippen LogP contribution >= 0.6 is 0 Å². The Kier molecular flexibility index (Phi) is 7.95. The van der Waals surface area contributed by atoms with Gasteiger partial charge in [-0.2, -0.15) is 6.21 Å². The van der Waals surface area contributed by atoms with E-state index in [4.69, 9.17) is 21.6 Å². The molecule has 0 radical (unpaired) electrons. The Bertz CT molecular complexity index is 672. The van der Waals surface area contributed by atoms with E-state index in [1.165, 1.54) is 6.21 Å². The van der Waals surface area contributed by atoms with Gasteiger partial charge in [-0.15, -0.1) is 0 Å². The average molecular weight is 356 g/mol. The van der Waals surface area contributed by atoms with Gasteiger partial charge in [-0.1, -0.05) is 6.42 Å². The van der Waals surface area contributed by atoms with Crippen molar-refractivity contribution >= 4 is 24.7 Å². The quantitative estimate of drug-likeness (QED) is 0.419. The van der Waals surface area contributed by atoms with Crippen molar-refractivity contribution in [1.82, 2.24) is 0 Å². The topological polar surface area (TPSA) is 125 Å². The zero-order valence-electron chi connectivity index (χ0n) is 14.9. The maximum absolute atomic E-state index is 11.1. The smallest absolute Gasteiger partial charge is 0.215 e. The van der Waals surface area contributed by atoms with Crippen molar-refractivity contribution < 1.29 is 9.53 Å². The lowest BCUT2D eigenvalue weighted by Gasteiger charge is -2.26. The number of carbonyl (C=O) groups excluding carboxylic acids is 1. The van der Waals surface area contributed by atoms with Gasteiger partial charge in [0.05, 0.1) is 12.6 Å². The molecule has 0 saturated heterocycles. The van der Waals surface area contributed by atoms with Gasteiger partial charge in [0, 0.05) is 11.8 Å². The highest BCUT2D eigenvalue weighted by molar-refractivity contribution is 6.20. The lowest BCUT2D eigenvalue weighted by molar-refractivity contribution is 0.112. The van der Waals surface area contributed by atoms with Crippen LogP contribution in [-0.4, -0.2) is 43.9 Å². The molecule has 2 rings (SSSR count). The molecule has 2 unspecified atom stereocenters. The van der Waals surface area contributed by atoms with E-state index in [9.17, 15) is 4.79 Å². The Morgan fingerprint density at radius 3 is 2.96 bits per heavy atom. The van der Waals surface area contributed by atoms with Crippen LogP contribution in [0.3, 0.4) is 0 Å². The van der Waals surface area contributed by atoms with E-state index in [0.717, 1.165) is 49.5 Å². The minimum atomic E-state index is 0.124. The Hall–Kier alpha value is -2.54. The zero-order chi connectivity index (χ0) is 18.8. The zero-order valence-corrected chi connectivity index (χ0v) is 14.9. The van der Waals surface area contributed by atoms with Gasteiger partial charge in [-0.05, 0) is 61.9 Å². The van der Waals surface area contributed by atoms with E-state index in [-0.39, 0.29) is 12.0 Å². The molecule has 0 spiro atoms. The summed E-state index contributed by atoms with van der Waals surface area (Å²) >= 11 is 0. The number of ether oxygens (including phenoxy) is 1. The second-order valence-electron chi connectivity index (χ2n) is 6.43. The Labute approximate surface area is 154 Å². The van der Waals surface area contributed by atoms with Crippen molar-refractivity contribution in [2.45, 2.75) is 38.1 Å². The molecule has 0 aromatic heterocycles. The molecule has 1 saturated carbocycles. The molecule has 1 aromatic rings. The lowest BCUT2D eigenvalue weighted by Crippen LogP contribution is -2.25. The largest absolute Gasteiger partial charge is 0.809 e. The van der Waals surface area contributed by atoms with Crippen LogP contribution in [0, 0.1) is 5.92 Å². The molecule has 140 valence electrons. The molecule has 1 aliphatic rings. The molecule has 2 atom stereocenters. The third-order valence-electron chi connectivity index (χ3n) is 4.48. The van der Waals surface area contributed by atoms with Crippen LogP contribution in [0.25, 0.3) is 5.41 Å². The first kappa shape index (κ1) is 19.8. The monoisotopic (exact) mass is 356 g/mol. The fraction of sp³-hybridized carbons (Fsp3) is 0.474. The van der Waals surface area contributed by atoms with Crippen LogP contribution in [0.15, 0.2) is 28.2 Å². The van der Waals surface area contributed by atoms with Gasteiger partial charge >= 0.3 is 0 Å². The highest BCUT2D eigenvalue weighted by Crippen LogP contribution is 2.27. The summed E-state index contributed by atoms with van der Waals surface area (Å²) in [5.74, 6) is 1.33. The Balaban J connectivity index is 1.92. The molecule has 7 heteroatoms. The van der Waals surface area contributed by atoms with Gasteiger partial charge in [0.15, 0.2) is 0 Å². The van der Waals surface area contributed by atoms with E-state index in [0.29, 0.717) is 31.1 Å². The minimum Gasteiger partial charge on any atom is -0.809 e. The number of rotatable bonds is 8. The average Bonchev–Trinajstić information content (AvgIpc) is 2.65. The summed E-state index contributed by atoms with van der Waals surface area (Å²) in [5, 5.41) is 8.60. The summed E-state index contributed by atoms with van der Waals surface area (Å²) in [6.07, 6.45) is 7.55. The van der Waals surface area contributed by atoms with Crippen LogP contribution in [-0.2, 0) is 6.42 Å². The van der Waals surface area contributed by atoms with E-state index < -0.39 is 0 Å². The third-order valence-corrected chi connectivity index (χ3v) is 4.48. The van der Waals surface area contributed by atoms with E-state index in [2.05, 4.69) is 9.98 Å². The highest BCUT2D eigenvalue weighted by Gasteiger charge is 2.22. The summed E-state index contributed by atoms with van der Waals surface area (Å²) in [4.78, 5) is 19.3. The molecule has 0 heterocycles. The van der Waals surface area contributed by atoms with Crippen LogP contribution in [0.5, 0.6) is 5.75 Å². The van der Waals surface area contributed by atoms with E-state index in [1.54, 1.807) is 6.07 Å². The summed E-state index contributed by atoms with van der Waals surface area (Å²) in [6.45, 7) is 1.09. The first-order chi connectivity index (χ1) is 12.7. The Morgan fingerprint density at radius 1 is 1.38 bits per heavy atom. The molecule has 26 heavy (non-hydrogen) atoms. The molecule has 1 aliphatic carbocycles. The number of nitrogens with two attached hydrogens (primary N) is 2. The number of guanidine groups is 1. The fourth-order valence-corrected chi connectivity index (χ4v) is 3.23. The number of aliphatic imine (C=N–C) groups is 2. The molecule has 1 fully saturated rings. The predicted molar refractivity (Wildman–Crippen MR) is 105 cm³/mol. The third kappa shape index (κ3) is 6.07. The second-order valence-corrected chi connectivity index (χ2v) is 6.43. The number of carbonyl (C=O) groups is 1. The van der Waals surface area contributed by atoms with E-state index in [1.807, 2.05) is 12.1 Å². The number of hydrogen-bond acceptors (Lipinski definition) is 4. The summed E-state index contributed by atoms with van der Waals surface area (Å²) in [7, 11) is 0. The van der Waals surface area contributed by atoms with Gasteiger partial charge < -0.3 is 21.6 Å². The number of aldehydes is 1. The summed E-state index contributed by atoms with van der Waals surface area (Å²) in [5.41, 5.74) is 12.9. The van der Waals surface area contributed by atoms with Gasteiger partial charge in [0.2, 0.25) is 5.96 Å². The van der Waals surface area contributed by atoms with Crippen LogP contribution in [0.4, 0.5) is 0 Å². The SMILES string of the molecule is [N-]=C/C=N\C(N)=NC1CCCC(COc2ccc(C=O)c(CCN)c2)C1. The minimum absolute atomic E-state index is 0.124. The maximum Gasteiger partial charge on any atom is 0.215 e. The standard InChI is InChI=1S/C19H26N5O2/c20-7-6-15-11-18(5-4-16(15)12-25)26-13-14-2-1-3-17(10-14)24-19(22)23-9-8-21/h4-5,8-9,11-12,14,17H,1-3,6-7,10,13,20H2,(H2,22,24)/q-1/b23-9-. The number of nitrogens with zero attached hydrogens (tertiary/aromatic N) is 3. The first-order valence-corrected chi connectivity index (χ1v) is 8.90. The molecular formula is C19H26N5O2-. The summed E-state index contributed by atoms with van der Waals surface area (Å²) in [6, 6.07) is 5.62. The first-order valence-electron chi connectivity index (χ1n) is 8.90. The highest BCUT2D eigenvalue weighted by atomic mass is 16.5. The van der Waals surface area contributed by atoms with Gasteiger partial charge in [0.25, 0.3) is 0 Å². The fourth-order valence-electron chi connectivity index (χ4n) is 3.23. The molecule has 4 N–H and O–H groups in total. The van der Waals surface area contributed by atoms with Crippen molar-refractivity contribution in [3.63, 3.8) is 0 Å². The van der Waals surface area contributed by atoms with Gasteiger partial charge in [-0.25, -0.2) is 9.98 Å². The molecule has 7 nitrogen and oxygen atoms in total. The summed E-state index contributed by atoms with van der Waals surface area (Å²) < 4.78 is 5.95. The molecule has 0 aliphatic heterocycles. The van der Waals surface area contributed by atoms with Crippen molar-refractivity contribution in [3.8, 4) is 5.75 Å². The molecular weight excluding hydrogens is 330 g/mol. The van der Waals surface area contributed by atoms with Crippen LogP contribution in [0.2, 0.25) is 0 Å². The normalized spacial score (nSPS) is 20.9. The molecule has 1 aromatic carbocycles. The lowest BCUT2D eigenvalue weighted by atomic mass is 9.86. The van der Waals surface area contributed by atoms with Crippen molar-refractivity contribution in [1.29, 1.82) is 0 Å². The molecule has 0 bridgehead atoms. The van der Waals surface area contributed by atoms with E-state index >= 15 is 0 Å². The predicted octanol–water partition coefficient (Wildman–Crippen LogP) is 1.96. The van der Waals surface area contributed by atoms with Crippen molar-refractivity contribution in [3.05, 3.63) is 34.7 Å². The maximum atomic E-state index is 11.1. The van der Waals surface area contributed by atoms with Crippen molar-refractivity contribution in [2.75, 3.05) is 13.2 Å².